The minimum Gasteiger partial charge on any atom is -0.389 e. The predicted octanol–water partition coefficient (Wildman–Crippen LogP) is 3.03. The topological polar surface area (TPSA) is 41.5 Å². The summed E-state index contributed by atoms with van der Waals surface area (Å²) in [5.74, 6) is -0.250. The summed E-state index contributed by atoms with van der Waals surface area (Å²) < 4.78 is 19.5. The lowest BCUT2D eigenvalue weighted by molar-refractivity contribution is 0.0230. The second kappa shape index (κ2) is 7.33. The molecule has 19 heavy (non-hydrogen) atoms. The van der Waals surface area contributed by atoms with Gasteiger partial charge in [-0.1, -0.05) is 15.9 Å². The van der Waals surface area contributed by atoms with E-state index in [9.17, 15) is 9.50 Å². The van der Waals surface area contributed by atoms with Crippen molar-refractivity contribution in [2.75, 3.05) is 20.3 Å². The maximum absolute atomic E-state index is 13.7. The molecule has 1 aromatic carbocycles. The summed E-state index contributed by atoms with van der Waals surface area (Å²) in [6, 6.07) is 4.67. The summed E-state index contributed by atoms with van der Waals surface area (Å²) >= 11 is 3.33. The number of hydrogen-bond acceptors (Lipinski definition) is 3. The van der Waals surface area contributed by atoms with Crippen LogP contribution in [0, 0.1) is 5.82 Å². The Bertz CT molecular complexity index is 412. The van der Waals surface area contributed by atoms with Crippen LogP contribution in [-0.4, -0.2) is 31.0 Å². The van der Waals surface area contributed by atoms with E-state index < -0.39 is 5.60 Å². The number of hydrogen-bond donors (Lipinski definition) is 2. The zero-order valence-corrected chi connectivity index (χ0v) is 13.1. The van der Waals surface area contributed by atoms with Gasteiger partial charge in [-0.3, -0.25) is 0 Å². The first kappa shape index (κ1) is 16.6. The van der Waals surface area contributed by atoms with Gasteiger partial charge in [0.2, 0.25) is 0 Å². The molecule has 0 heterocycles. The minimum absolute atomic E-state index is 0.175. The molecule has 0 radical (unpaired) electrons. The van der Waals surface area contributed by atoms with Crippen LogP contribution in [0.5, 0.6) is 0 Å². The van der Waals surface area contributed by atoms with Crippen LogP contribution in [0.3, 0.4) is 0 Å². The monoisotopic (exact) mass is 333 g/mol. The van der Waals surface area contributed by atoms with E-state index in [1.807, 2.05) is 6.92 Å². The van der Waals surface area contributed by atoms with Gasteiger partial charge in [-0.2, -0.15) is 0 Å². The van der Waals surface area contributed by atoms with Gasteiger partial charge in [0.25, 0.3) is 0 Å². The molecule has 0 spiro atoms. The Balaban J connectivity index is 2.59. The lowest BCUT2D eigenvalue weighted by atomic mass is 10.0. The van der Waals surface area contributed by atoms with Crippen LogP contribution < -0.4 is 5.32 Å². The Hall–Kier alpha value is -0.490. The van der Waals surface area contributed by atoms with E-state index in [0.717, 1.165) is 4.47 Å². The summed E-state index contributed by atoms with van der Waals surface area (Å²) in [6.07, 6.45) is 0.532. The average Bonchev–Trinajstić information content (AvgIpc) is 2.36. The Morgan fingerprint density at radius 3 is 2.84 bits per heavy atom. The molecule has 1 rings (SSSR count). The van der Waals surface area contributed by atoms with E-state index in [0.29, 0.717) is 25.1 Å². The quantitative estimate of drug-likeness (QED) is 0.805. The van der Waals surface area contributed by atoms with Gasteiger partial charge < -0.3 is 15.2 Å². The summed E-state index contributed by atoms with van der Waals surface area (Å²) in [4.78, 5) is 0. The molecule has 0 fully saturated rings. The number of rotatable bonds is 7. The molecule has 0 amide bonds. The third-order valence-corrected chi connectivity index (χ3v) is 3.55. The summed E-state index contributed by atoms with van der Waals surface area (Å²) in [6.45, 7) is 4.48. The van der Waals surface area contributed by atoms with Crippen molar-refractivity contribution in [1.29, 1.82) is 0 Å². The number of ether oxygens (including phenoxy) is 1. The molecule has 0 aliphatic carbocycles. The fourth-order valence-corrected chi connectivity index (χ4v) is 2.12. The second-order valence-electron chi connectivity index (χ2n) is 5.01. The van der Waals surface area contributed by atoms with E-state index >= 15 is 0 Å². The number of nitrogens with one attached hydrogen (secondary N) is 1. The Morgan fingerprint density at radius 2 is 2.21 bits per heavy atom. The van der Waals surface area contributed by atoms with Gasteiger partial charge in [-0.25, -0.2) is 4.39 Å². The van der Waals surface area contributed by atoms with E-state index in [1.54, 1.807) is 26.2 Å². The summed E-state index contributed by atoms with van der Waals surface area (Å²) in [5, 5.41) is 13.3. The third kappa shape index (κ3) is 5.57. The highest BCUT2D eigenvalue weighted by Crippen LogP contribution is 2.22. The molecule has 0 saturated carbocycles. The summed E-state index contributed by atoms with van der Waals surface area (Å²) in [5.41, 5.74) is -0.288. The van der Waals surface area contributed by atoms with Crippen molar-refractivity contribution in [3.05, 3.63) is 34.1 Å². The van der Waals surface area contributed by atoms with Gasteiger partial charge in [-0.05, 0) is 32.0 Å². The van der Waals surface area contributed by atoms with Crippen LogP contribution in [0.25, 0.3) is 0 Å². The van der Waals surface area contributed by atoms with Gasteiger partial charge in [0.15, 0.2) is 0 Å². The van der Waals surface area contributed by atoms with Gasteiger partial charge in [0.1, 0.15) is 5.82 Å². The highest BCUT2D eigenvalue weighted by Gasteiger charge is 2.21. The third-order valence-electron chi connectivity index (χ3n) is 3.06. The van der Waals surface area contributed by atoms with E-state index in [-0.39, 0.29) is 11.9 Å². The first-order valence-corrected chi connectivity index (χ1v) is 7.04. The fraction of sp³-hybridized carbons (Fsp3) is 0.571. The molecule has 1 aromatic rings. The van der Waals surface area contributed by atoms with E-state index in [1.165, 1.54) is 6.07 Å². The predicted molar refractivity (Wildman–Crippen MR) is 77.6 cm³/mol. The SMILES string of the molecule is COCCC(C)(O)CNC(C)c1cc(Br)ccc1F. The Kier molecular flexibility index (Phi) is 6.39. The fourth-order valence-electron chi connectivity index (χ4n) is 1.74. The van der Waals surface area contributed by atoms with Crippen molar-refractivity contribution < 1.29 is 14.2 Å². The molecule has 2 atom stereocenters. The number of benzene rings is 1. The number of methoxy groups -OCH3 is 1. The van der Waals surface area contributed by atoms with Crippen LogP contribution in [0.2, 0.25) is 0 Å². The van der Waals surface area contributed by atoms with Gasteiger partial charge >= 0.3 is 0 Å². The van der Waals surface area contributed by atoms with Crippen LogP contribution in [0.15, 0.2) is 22.7 Å². The van der Waals surface area contributed by atoms with E-state index in [2.05, 4.69) is 21.2 Å². The lowest BCUT2D eigenvalue weighted by Crippen LogP contribution is -2.39. The molecule has 0 aliphatic rings. The molecule has 2 unspecified atom stereocenters. The molecule has 0 bridgehead atoms. The Morgan fingerprint density at radius 1 is 1.53 bits per heavy atom. The minimum atomic E-state index is -0.868. The molecule has 108 valence electrons. The number of halogens is 2. The summed E-state index contributed by atoms with van der Waals surface area (Å²) in [7, 11) is 1.60. The van der Waals surface area contributed by atoms with Crippen LogP contribution in [0.4, 0.5) is 4.39 Å². The Labute approximate surface area is 122 Å². The molecule has 3 nitrogen and oxygen atoms in total. The zero-order valence-electron chi connectivity index (χ0n) is 11.5. The molecular weight excluding hydrogens is 313 g/mol. The second-order valence-corrected chi connectivity index (χ2v) is 5.92. The van der Waals surface area contributed by atoms with E-state index in [4.69, 9.17) is 4.74 Å². The zero-order chi connectivity index (χ0) is 14.5. The highest BCUT2D eigenvalue weighted by atomic mass is 79.9. The van der Waals surface area contributed by atoms with Crippen LogP contribution in [0.1, 0.15) is 31.9 Å². The number of aliphatic hydroxyl groups is 1. The molecule has 2 N–H and O–H groups in total. The van der Waals surface area contributed by atoms with Gasteiger partial charge in [0.05, 0.1) is 5.60 Å². The smallest absolute Gasteiger partial charge is 0.128 e. The van der Waals surface area contributed by atoms with Crippen LogP contribution in [-0.2, 0) is 4.74 Å². The molecule has 0 saturated heterocycles. The largest absolute Gasteiger partial charge is 0.389 e. The van der Waals surface area contributed by atoms with Crippen molar-refractivity contribution in [1.82, 2.24) is 5.32 Å². The normalized spacial score (nSPS) is 16.1. The first-order chi connectivity index (χ1) is 8.85. The average molecular weight is 334 g/mol. The van der Waals surface area contributed by atoms with Crippen LogP contribution >= 0.6 is 15.9 Å². The highest BCUT2D eigenvalue weighted by molar-refractivity contribution is 9.10. The first-order valence-electron chi connectivity index (χ1n) is 6.25. The standard InChI is InChI=1S/C14H21BrFNO2/c1-10(12-8-11(15)4-5-13(12)16)17-9-14(2,18)6-7-19-3/h4-5,8,10,17-18H,6-7,9H2,1-3H3. The van der Waals surface area contributed by atoms with Crippen molar-refractivity contribution >= 4 is 15.9 Å². The van der Waals surface area contributed by atoms with Crippen molar-refractivity contribution in [2.24, 2.45) is 0 Å². The molecular formula is C14H21BrFNO2. The van der Waals surface area contributed by atoms with Gasteiger partial charge in [0, 0.05) is 42.8 Å². The van der Waals surface area contributed by atoms with Crippen molar-refractivity contribution in [2.45, 2.75) is 31.9 Å². The molecule has 5 heteroatoms. The molecule has 0 aromatic heterocycles. The maximum Gasteiger partial charge on any atom is 0.128 e. The van der Waals surface area contributed by atoms with Gasteiger partial charge in [-0.15, -0.1) is 0 Å². The maximum atomic E-state index is 13.7. The van der Waals surface area contributed by atoms with Crippen molar-refractivity contribution in [3.63, 3.8) is 0 Å². The molecule has 0 aliphatic heterocycles. The van der Waals surface area contributed by atoms with Crippen molar-refractivity contribution in [3.8, 4) is 0 Å². The lowest BCUT2D eigenvalue weighted by Gasteiger charge is -2.26.